The maximum atomic E-state index is 12.9. The second-order valence-electron chi connectivity index (χ2n) is 3.67. The molecule has 1 saturated heterocycles. The Morgan fingerprint density at radius 3 is 2.88 bits per heavy atom. The third-order valence-electron chi connectivity index (χ3n) is 2.61. The molecule has 0 amide bonds. The highest BCUT2D eigenvalue weighted by Gasteiger charge is 2.23. The quantitative estimate of drug-likeness (QED) is 0.581. The van der Waals surface area contributed by atoms with Crippen LogP contribution in [0.5, 0.6) is 0 Å². The number of hydrogen-bond acceptors (Lipinski definition) is 4. The molecule has 1 heterocycles. The number of nitro groups is 1. The fourth-order valence-electron chi connectivity index (χ4n) is 1.84. The van der Waals surface area contributed by atoms with Gasteiger partial charge in [0, 0.05) is 25.2 Å². The molecule has 5 nitrogen and oxygen atoms in total. The first kappa shape index (κ1) is 11.0. The van der Waals surface area contributed by atoms with Gasteiger partial charge in [0.05, 0.1) is 17.0 Å². The summed E-state index contributed by atoms with van der Waals surface area (Å²) in [6.45, 7) is 2.21. The van der Waals surface area contributed by atoms with Gasteiger partial charge in [-0.05, 0) is 12.1 Å². The van der Waals surface area contributed by atoms with Crippen molar-refractivity contribution in [3.8, 4) is 0 Å². The number of benzene rings is 1. The monoisotopic (exact) mass is 225 g/mol. The number of nitro benzene ring substituents is 1. The normalized spacial score (nSPS) is 20.7. The summed E-state index contributed by atoms with van der Waals surface area (Å²) in [6.07, 6.45) is 0. The van der Waals surface area contributed by atoms with Gasteiger partial charge in [0.25, 0.3) is 5.69 Å². The zero-order chi connectivity index (χ0) is 11.5. The Bertz CT molecular complexity index is 405. The van der Waals surface area contributed by atoms with Gasteiger partial charge in [-0.2, -0.15) is 0 Å². The molecular weight excluding hydrogens is 213 g/mol. The summed E-state index contributed by atoms with van der Waals surface area (Å²) in [5.41, 5.74) is 0.361. The number of nitrogens with one attached hydrogen (secondary N) is 2. The van der Waals surface area contributed by atoms with Gasteiger partial charge >= 0.3 is 0 Å². The summed E-state index contributed by atoms with van der Waals surface area (Å²) < 4.78 is 12.9. The summed E-state index contributed by atoms with van der Waals surface area (Å²) >= 11 is 0. The van der Waals surface area contributed by atoms with E-state index in [2.05, 4.69) is 10.6 Å². The Morgan fingerprint density at radius 1 is 1.44 bits per heavy atom. The maximum absolute atomic E-state index is 12.9. The minimum absolute atomic E-state index is 0.130. The molecule has 1 aromatic rings. The average molecular weight is 225 g/mol. The van der Waals surface area contributed by atoms with Crippen molar-refractivity contribution in [1.82, 2.24) is 10.6 Å². The van der Waals surface area contributed by atoms with Crippen LogP contribution < -0.4 is 10.6 Å². The molecule has 1 fully saturated rings. The molecule has 1 atom stereocenters. The van der Waals surface area contributed by atoms with E-state index >= 15 is 0 Å². The molecule has 0 saturated carbocycles. The second-order valence-corrected chi connectivity index (χ2v) is 3.67. The summed E-state index contributed by atoms with van der Waals surface area (Å²) in [6, 6.07) is 3.55. The van der Waals surface area contributed by atoms with Crippen LogP contribution in [-0.4, -0.2) is 24.6 Å². The van der Waals surface area contributed by atoms with E-state index in [-0.39, 0.29) is 11.7 Å². The minimum Gasteiger partial charge on any atom is -0.314 e. The molecule has 0 radical (unpaired) electrons. The van der Waals surface area contributed by atoms with E-state index < -0.39 is 10.7 Å². The molecule has 1 aromatic carbocycles. The van der Waals surface area contributed by atoms with Crippen molar-refractivity contribution in [2.75, 3.05) is 19.6 Å². The number of halogens is 1. The van der Waals surface area contributed by atoms with Crippen LogP contribution in [-0.2, 0) is 0 Å². The molecule has 6 heteroatoms. The van der Waals surface area contributed by atoms with E-state index in [1.165, 1.54) is 12.1 Å². The molecule has 2 N–H and O–H groups in total. The van der Waals surface area contributed by atoms with E-state index in [1.54, 1.807) is 0 Å². The lowest BCUT2D eigenvalue weighted by Crippen LogP contribution is -2.42. The van der Waals surface area contributed by atoms with Crippen molar-refractivity contribution in [3.63, 3.8) is 0 Å². The van der Waals surface area contributed by atoms with Crippen LogP contribution in [0.3, 0.4) is 0 Å². The standard InChI is InChI=1S/C10H12FN3O2/c11-7-1-2-8(10(5-7)14(15)16)9-6-12-3-4-13-9/h1-2,5,9,12-13H,3-4,6H2/t9-/m0/s1. The first-order chi connectivity index (χ1) is 7.68. The van der Waals surface area contributed by atoms with Crippen molar-refractivity contribution >= 4 is 5.69 Å². The predicted molar refractivity (Wildman–Crippen MR) is 56.7 cm³/mol. The fourth-order valence-corrected chi connectivity index (χ4v) is 1.84. The van der Waals surface area contributed by atoms with Gasteiger partial charge in [-0.3, -0.25) is 10.1 Å². The van der Waals surface area contributed by atoms with Gasteiger partial charge in [-0.15, -0.1) is 0 Å². The maximum Gasteiger partial charge on any atom is 0.277 e. The van der Waals surface area contributed by atoms with Gasteiger partial charge in [-0.1, -0.05) is 0 Å². The van der Waals surface area contributed by atoms with Gasteiger partial charge in [0.15, 0.2) is 0 Å². The third kappa shape index (κ3) is 2.17. The van der Waals surface area contributed by atoms with E-state index in [0.29, 0.717) is 12.1 Å². The van der Waals surface area contributed by atoms with Crippen LogP contribution in [0.2, 0.25) is 0 Å². The Labute approximate surface area is 91.8 Å². The number of piperazine rings is 1. The first-order valence-corrected chi connectivity index (χ1v) is 5.06. The van der Waals surface area contributed by atoms with Crippen LogP contribution in [0.25, 0.3) is 0 Å². The van der Waals surface area contributed by atoms with Crippen molar-refractivity contribution in [2.45, 2.75) is 6.04 Å². The molecule has 0 aliphatic carbocycles. The minimum atomic E-state index is -0.584. The Hall–Kier alpha value is -1.53. The Kier molecular flexibility index (Phi) is 3.12. The van der Waals surface area contributed by atoms with Crippen molar-refractivity contribution < 1.29 is 9.31 Å². The summed E-state index contributed by atoms with van der Waals surface area (Å²) in [5, 5.41) is 17.1. The molecule has 0 bridgehead atoms. The molecule has 0 unspecified atom stereocenters. The fraction of sp³-hybridized carbons (Fsp3) is 0.400. The average Bonchev–Trinajstić information content (AvgIpc) is 2.30. The Balaban J connectivity index is 2.34. The van der Waals surface area contributed by atoms with Crippen LogP contribution >= 0.6 is 0 Å². The van der Waals surface area contributed by atoms with Gasteiger partial charge in [0.2, 0.25) is 0 Å². The zero-order valence-electron chi connectivity index (χ0n) is 8.57. The van der Waals surface area contributed by atoms with Gasteiger partial charge < -0.3 is 10.6 Å². The summed E-state index contributed by atoms with van der Waals surface area (Å²) in [4.78, 5) is 10.3. The lowest BCUT2D eigenvalue weighted by Gasteiger charge is -2.24. The number of hydrogen-bond donors (Lipinski definition) is 2. The van der Waals surface area contributed by atoms with Crippen LogP contribution in [0.4, 0.5) is 10.1 Å². The SMILES string of the molecule is O=[N+]([O-])c1cc(F)ccc1[C@@H]1CNCCN1. The molecular formula is C10H12FN3O2. The van der Waals surface area contributed by atoms with Gasteiger partial charge in [0.1, 0.15) is 5.82 Å². The smallest absolute Gasteiger partial charge is 0.277 e. The molecule has 0 spiro atoms. The first-order valence-electron chi connectivity index (χ1n) is 5.06. The van der Waals surface area contributed by atoms with Crippen molar-refractivity contribution in [1.29, 1.82) is 0 Å². The highest BCUT2D eigenvalue weighted by molar-refractivity contribution is 5.43. The molecule has 86 valence electrons. The van der Waals surface area contributed by atoms with E-state index in [9.17, 15) is 14.5 Å². The topological polar surface area (TPSA) is 67.2 Å². The Morgan fingerprint density at radius 2 is 2.25 bits per heavy atom. The van der Waals surface area contributed by atoms with Crippen molar-refractivity contribution in [3.05, 3.63) is 39.7 Å². The van der Waals surface area contributed by atoms with Crippen LogP contribution in [0, 0.1) is 15.9 Å². The highest BCUT2D eigenvalue weighted by Crippen LogP contribution is 2.26. The number of nitrogens with zero attached hydrogens (tertiary/aromatic N) is 1. The number of rotatable bonds is 2. The van der Waals surface area contributed by atoms with E-state index in [4.69, 9.17) is 0 Å². The van der Waals surface area contributed by atoms with Crippen LogP contribution in [0.1, 0.15) is 11.6 Å². The lowest BCUT2D eigenvalue weighted by atomic mass is 10.0. The molecule has 16 heavy (non-hydrogen) atoms. The second kappa shape index (κ2) is 4.54. The predicted octanol–water partition coefficient (Wildman–Crippen LogP) is 0.968. The summed E-state index contributed by atoms with van der Waals surface area (Å²) in [5.74, 6) is -0.584. The third-order valence-corrected chi connectivity index (χ3v) is 2.61. The molecule has 0 aromatic heterocycles. The lowest BCUT2D eigenvalue weighted by molar-refractivity contribution is -0.386. The molecule has 1 aliphatic heterocycles. The summed E-state index contributed by atoms with van der Waals surface area (Å²) in [7, 11) is 0. The van der Waals surface area contributed by atoms with E-state index in [1.807, 2.05) is 0 Å². The zero-order valence-corrected chi connectivity index (χ0v) is 8.57. The molecule has 1 aliphatic rings. The highest BCUT2D eigenvalue weighted by atomic mass is 19.1. The van der Waals surface area contributed by atoms with E-state index in [0.717, 1.165) is 19.2 Å². The largest absolute Gasteiger partial charge is 0.314 e. The molecule has 2 rings (SSSR count). The van der Waals surface area contributed by atoms with Crippen molar-refractivity contribution in [2.24, 2.45) is 0 Å². The van der Waals surface area contributed by atoms with Crippen LogP contribution in [0.15, 0.2) is 18.2 Å². The van der Waals surface area contributed by atoms with Gasteiger partial charge in [-0.25, -0.2) is 4.39 Å².